The number of nitrogens with zero attached hydrogens (tertiary/aromatic N) is 1. The molecule has 0 fully saturated rings. The fourth-order valence-electron chi connectivity index (χ4n) is 1.72. The van der Waals surface area contributed by atoms with Crippen LogP contribution in [0.2, 0.25) is 5.02 Å². The molecule has 0 saturated carbocycles. The fourth-order valence-corrected chi connectivity index (χ4v) is 3.65. The maximum Gasteiger partial charge on any atom is 0.243 e. The van der Waals surface area contributed by atoms with Crippen molar-refractivity contribution in [1.82, 2.24) is 9.62 Å². The topological polar surface area (TPSA) is 66.5 Å². The molecule has 0 spiro atoms. The molecule has 1 aromatic heterocycles. The minimum atomic E-state index is -3.71. The molecule has 0 aliphatic carbocycles. The average Bonchev–Trinajstić information content (AvgIpc) is 2.99. The Morgan fingerprint density at radius 3 is 2.55 bits per heavy atom. The summed E-state index contributed by atoms with van der Waals surface area (Å²) >= 11 is 7.28. The Morgan fingerprint density at radius 1 is 1.27 bits per heavy atom. The van der Waals surface area contributed by atoms with Crippen molar-refractivity contribution in [2.45, 2.75) is 11.4 Å². The van der Waals surface area contributed by atoms with Gasteiger partial charge in [0, 0.05) is 18.6 Å². The van der Waals surface area contributed by atoms with E-state index in [1.165, 1.54) is 42.6 Å². The molecule has 22 heavy (non-hydrogen) atoms. The van der Waals surface area contributed by atoms with E-state index in [2.05, 4.69) is 5.32 Å². The zero-order valence-electron chi connectivity index (χ0n) is 11.8. The molecule has 2 rings (SSSR count). The van der Waals surface area contributed by atoms with Crippen molar-refractivity contribution in [2.24, 2.45) is 0 Å². The van der Waals surface area contributed by atoms with Crippen molar-refractivity contribution in [3.63, 3.8) is 0 Å². The SMILES string of the molecule is CN(CC(=O)NCc1ccsc1)S(=O)(=O)c1ccc(Cl)cc1. The molecule has 0 unspecified atom stereocenters. The van der Waals surface area contributed by atoms with Crippen LogP contribution in [0, 0.1) is 0 Å². The zero-order chi connectivity index (χ0) is 16.2. The van der Waals surface area contributed by atoms with Gasteiger partial charge in [-0.2, -0.15) is 15.6 Å². The van der Waals surface area contributed by atoms with E-state index < -0.39 is 10.0 Å². The Morgan fingerprint density at radius 2 is 1.95 bits per heavy atom. The Hall–Kier alpha value is -1.41. The lowest BCUT2D eigenvalue weighted by Gasteiger charge is -2.16. The first-order chi connectivity index (χ1) is 10.4. The van der Waals surface area contributed by atoms with Gasteiger partial charge in [-0.25, -0.2) is 8.42 Å². The van der Waals surface area contributed by atoms with Gasteiger partial charge in [0.15, 0.2) is 0 Å². The Balaban J connectivity index is 1.96. The van der Waals surface area contributed by atoms with Crippen molar-refractivity contribution < 1.29 is 13.2 Å². The minimum Gasteiger partial charge on any atom is -0.351 e. The molecule has 1 N–H and O–H groups in total. The lowest BCUT2D eigenvalue weighted by atomic mass is 10.3. The van der Waals surface area contributed by atoms with Crippen LogP contribution in [0.1, 0.15) is 5.56 Å². The molecule has 8 heteroatoms. The Kier molecular flexibility index (Phi) is 5.57. The number of nitrogens with one attached hydrogen (secondary N) is 1. The molecule has 5 nitrogen and oxygen atoms in total. The molecular weight excluding hydrogens is 344 g/mol. The van der Waals surface area contributed by atoms with Crippen LogP contribution in [0.4, 0.5) is 0 Å². The lowest BCUT2D eigenvalue weighted by molar-refractivity contribution is -0.121. The molecular formula is C14H15ClN2O3S2. The molecule has 1 amide bonds. The predicted octanol–water partition coefficient (Wildman–Crippen LogP) is 2.34. The highest BCUT2D eigenvalue weighted by atomic mass is 35.5. The van der Waals surface area contributed by atoms with Crippen LogP contribution in [-0.4, -0.2) is 32.2 Å². The van der Waals surface area contributed by atoms with Gasteiger partial charge in [0.25, 0.3) is 0 Å². The van der Waals surface area contributed by atoms with Gasteiger partial charge < -0.3 is 5.32 Å². The van der Waals surface area contributed by atoms with Gasteiger partial charge in [0.1, 0.15) is 0 Å². The van der Waals surface area contributed by atoms with Gasteiger partial charge >= 0.3 is 0 Å². The first-order valence-electron chi connectivity index (χ1n) is 6.39. The number of likely N-dealkylation sites (N-methyl/N-ethyl adjacent to an activating group) is 1. The van der Waals surface area contributed by atoms with E-state index in [1.54, 1.807) is 0 Å². The van der Waals surface area contributed by atoms with E-state index in [0.717, 1.165) is 9.87 Å². The van der Waals surface area contributed by atoms with Gasteiger partial charge in [-0.05, 0) is 46.7 Å². The number of sulfonamides is 1. The standard InChI is InChI=1S/C14H15ClN2O3S2/c1-17(9-14(18)16-8-11-6-7-21-10-11)22(19,20)13-4-2-12(15)3-5-13/h2-7,10H,8-9H2,1H3,(H,16,18). The van der Waals surface area contributed by atoms with Crippen molar-refractivity contribution >= 4 is 38.9 Å². The highest BCUT2D eigenvalue weighted by Gasteiger charge is 2.22. The fraction of sp³-hybridized carbons (Fsp3) is 0.214. The number of rotatable bonds is 6. The second-order valence-electron chi connectivity index (χ2n) is 4.62. The first kappa shape index (κ1) is 17.0. The normalized spacial score (nSPS) is 11.6. The number of thiophene rings is 1. The quantitative estimate of drug-likeness (QED) is 0.861. The summed E-state index contributed by atoms with van der Waals surface area (Å²) in [5.41, 5.74) is 0.988. The van der Waals surface area contributed by atoms with Crippen LogP contribution in [0.15, 0.2) is 46.0 Å². The van der Waals surface area contributed by atoms with Crippen LogP contribution in [-0.2, 0) is 21.4 Å². The number of carbonyl (C=O) groups is 1. The summed E-state index contributed by atoms with van der Waals surface area (Å²) in [6.45, 7) is 0.145. The van der Waals surface area contributed by atoms with E-state index >= 15 is 0 Å². The van der Waals surface area contributed by atoms with Crippen molar-refractivity contribution in [2.75, 3.05) is 13.6 Å². The summed E-state index contributed by atoms with van der Waals surface area (Å²) in [6, 6.07) is 7.73. The summed E-state index contributed by atoms with van der Waals surface area (Å²) in [5.74, 6) is -0.355. The third-order valence-electron chi connectivity index (χ3n) is 2.96. The minimum absolute atomic E-state index is 0.102. The highest BCUT2D eigenvalue weighted by molar-refractivity contribution is 7.89. The van der Waals surface area contributed by atoms with Crippen LogP contribution < -0.4 is 5.32 Å². The molecule has 0 aliphatic rings. The second kappa shape index (κ2) is 7.23. The highest BCUT2D eigenvalue weighted by Crippen LogP contribution is 2.17. The molecule has 1 aromatic carbocycles. The average molecular weight is 359 g/mol. The van der Waals surface area contributed by atoms with E-state index in [1.807, 2.05) is 16.8 Å². The third-order valence-corrected chi connectivity index (χ3v) is 5.76. The smallest absolute Gasteiger partial charge is 0.243 e. The van der Waals surface area contributed by atoms with Gasteiger partial charge in [-0.1, -0.05) is 11.6 Å². The van der Waals surface area contributed by atoms with Crippen LogP contribution in [0.5, 0.6) is 0 Å². The maximum atomic E-state index is 12.3. The predicted molar refractivity (Wildman–Crippen MR) is 87.4 cm³/mol. The summed E-state index contributed by atoms with van der Waals surface area (Å²) in [4.78, 5) is 11.9. The summed E-state index contributed by atoms with van der Waals surface area (Å²) < 4.78 is 25.6. The van der Waals surface area contributed by atoms with E-state index in [-0.39, 0.29) is 17.3 Å². The number of amides is 1. The maximum absolute atomic E-state index is 12.3. The first-order valence-corrected chi connectivity index (χ1v) is 9.15. The van der Waals surface area contributed by atoms with Crippen LogP contribution >= 0.6 is 22.9 Å². The molecule has 0 saturated heterocycles. The number of halogens is 1. The number of hydrogen-bond donors (Lipinski definition) is 1. The molecule has 118 valence electrons. The van der Waals surface area contributed by atoms with Crippen molar-refractivity contribution in [3.8, 4) is 0 Å². The van der Waals surface area contributed by atoms with Crippen LogP contribution in [0.25, 0.3) is 0 Å². The van der Waals surface area contributed by atoms with E-state index in [4.69, 9.17) is 11.6 Å². The molecule has 0 aliphatic heterocycles. The summed E-state index contributed by atoms with van der Waals surface area (Å²) in [5, 5.41) is 6.98. The summed E-state index contributed by atoms with van der Waals surface area (Å²) in [7, 11) is -2.34. The van der Waals surface area contributed by atoms with Crippen molar-refractivity contribution in [1.29, 1.82) is 0 Å². The summed E-state index contributed by atoms with van der Waals surface area (Å²) in [6.07, 6.45) is 0. The second-order valence-corrected chi connectivity index (χ2v) is 7.88. The third kappa shape index (κ3) is 4.30. The van der Waals surface area contributed by atoms with E-state index in [9.17, 15) is 13.2 Å². The van der Waals surface area contributed by atoms with Gasteiger partial charge in [-0.3, -0.25) is 4.79 Å². The molecule has 0 bridgehead atoms. The van der Waals surface area contributed by atoms with E-state index in [0.29, 0.717) is 11.6 Å². The molecule has 0 radical (unpaired) electrons. The Labute approximate surface area is 138 Å². The molecule has 0 atom stereocenters. The molecule has 1 heterocycles. The number of benzene rings is 1. The van der Waals surface area contributed by atoms with Crippen LogP contribution in [0.3, 0.4) is 0 Å². The van der Waals surface area contributed by atoms with Crippen molar-refractivity contribution in [3.05, 3.63) is 51.7 Å². The van der Waals surface area contributed by atoms with Gasteiger partial charge in [0.05, 0.1) is 11.4 Å². The number of hydrogen-bond acceptors (Lipinski definition) is 4. The monoisotopic (exact) mass is 358 g/mol. The van der Waals surface area contributed by atoms with Gasteiger partial charge in [0.2, 0.25) is 15.9 Å². The van der Waals surface area contributed by atoms with Gasteiger partial charge in [-0.15, -0.1) is 0 Å². The lowest BCUT2D eigenvalue weighted by Crippen LogP contribution is -2.38. The zero-order valence-corrected chi connectivity index (χ0v) is 14.2. The Bertz CT molecular complexity index is 728. The largest absolute Gasteiger partial charge is 0.351 e. The number of carbonyl (C=O) groups excluding carboxylic acids is 1. The molecule has 2 aromatic rings.